The third kappa shape index (κ3) is 4.91. The van der Waals surface area contributed by atoms with Gasteiger partial charge in [0.15, 0.2) is 0 Å². The van der Waals surface area contributed by atoms with E-state index in [0.717, 1.165) is 0 Å². The van der Waals surface area contributed by atoms with Gasteiger partial charge in [-0.15, -0.1) is 0 Å². The van der Waals surface area contributed by atoms with Gasteiger partial charge in [-0.3, -0.25) is 4.79 Å². The van der Waals surface area contributed by atoms with E-state index >= 15 is 0 Å². The predicted octanol–water partition coefficient (Wildman–Crippen LogP) is 2.73. The van der Waals surface area contributed by atoms with Crippen LogP contribution in [0.25, 0.3) is 0 Å². The van der Waals surface area contributed by atoms with Gasteiger partial charge in [0.1, 0.15) is 0 Å². The first-order chi connectivity index (χ1) is 6.20. The van der Waals surface area contributed by atoms with E-state index in [0.29, 0.717) is 12.0 Å². The smallest absolute Gasteiger partial charge is 0.217 e. The van der Waals surface area contributed by atoms with Crippen LogP contribution in [-0.4, -0.2) is 11.9 Å². The Bertz CT molecular complexity index is 145. The molecule has 1 N–H and O–H groups in total. The highest BCUT2D eigenvalue weighted by Crippen LogP contribution is 2.23. The average Bonchev–Trinajstić information content (AvgIpc) is 2.12. The molecule has 0 spiro atoms. The number of hydrogen-bond acceptors (Lipinski definition) is 1. The van der Waals surface area contributed by atoms with E-state index in [1.807, 2.05) is 13.8 Å². The summed E-state index contributed by atoms with van der Waals surface area (Å²) in [5.74, 6) is 0.788. The van der Waals surface area contributed by atoms with Crippen LogP contribution in [0.5, 0.6) is 0 Å². The highest BCUT2D eigenvalue weighted by molar-refractivity contribution is 5.73. The third-order valence-electron chi connectivity index (χ3n) is 2.50. The molecule has 2 heteroatoms. The minimum atomic E-state index is 0.115. The Morgan fingerprint density at radius 2 is 1.77 bits per heavy atom. The summed E-state index contributed by atoms with van der Waals surface area (Å²) in [7, 11) is 0. The van der Waals surface area contributed by atoms with Gasteiger partial charge < -0.3 is 5.32 Å². The first-order valence-electron chi connectivity index (χ1n) is 5.47. The highest BCUT2D eigenvalue weighted by Gasteiger charge is 2.21. The third-order valence-corrected chi connectivity index (χ3v) is 2.50. The molecule has 0 aromatic carbocycles. The van der Waals surface area contributed by atoms with Crippen LogP contribution in [0.1, 0.15) is 53.4 Å². The highest BCUT2D eigenvalue weighted by atomic mass is 16.1. The van der Waals surface area contributed by atoms with E-state index in [2.05, 4.69) is 12.2 Å². The molecule has 0 bridgehead atoms. The van der Waals surface area contributed by atoms with Crippen molar-refractivity contribution in [2.45, 2.75) is 59.4 Å². The van der Waals surface area contributed by atoms with Gasteiger partial charge in [0.05, 0.1) is 0 Å². The van der Waals surface area contributed by atoms with Crippen LogP contribution in [0.4, 0.5) is 0 Å². The Morgan fingerprint density at radius 1 is 1.23 bits per heavy atom. The summed E-state index contributed by atoms with van der Waals surface area (Å²) in [6, 6.07) is 0.446. The zero-order chi connectivity index (χ0) is 10.3. The van der Waals surface area contributed by atoms with Crippen LogP contribution in [0, 0.1) is 5.92 Å². The molecule has 1 amide bonds. The fraction of sp³-hybridized carbons (Fsp3) is 0.909. The maximum absolute atomic E-state index is 10.7. The van der Waals surface area contributed by atoms with Crippen molar-refractivity contribution in [3.63, 3.8) is 0 Å². The summed E-state index contributed by atoms with van der Waals surface area (Å²) in [5, 5.41) is 2.99. The van der Waals surface area contributed by atoms with Gasteiger partial charge in [-0.2, -0.15) is 0 Å². The SMILES string of the molecule is CC.CC(=O)N[C@H]1CCCC[C@@H]1C. The minimum absolute atomic E-state index is 0.115. The zero-order valence-electron chi connectivity index (χ0n) is 9.39. The molecule has 1 rings (SSSR count). The van der Waals surface area contributed by atoms with Crippen molar-refractivity contribution in [2.24, 2.45) is 5.92 Å². The number of carbonyl (C=O) groups excluding carboxylic acids is 1. The molecule has 2 nitrogen and oxygen atoms in total. The zero-order valence-corrected chi connectivity index (χ0v) is 9.39. The molecule has 2 atom stereocenters. The van der Waals surface area contributed by atoms with Crippen LogP contribution in [0.15, 0.2) is 0 Å². The molecule has 0 aliphatic heterocycles. The molecule has 0 radical (unpaired) electrons. The van der Waals surface area contributed by atoms with E-state index < -0.39 is 0 Å². The van der Waals surface area contributed by atoms with Crippen molar-refractivity contribution in [3.05, 3.63) is 0 Å². The predicted molar refractivity (Wildman–Crippen MR) is 56.6 cm³/mol. The molecular formula is C11H23NO. The van der Waals surface area contributed by atoms with Gasteiger partial charge in [0.25, 0.3) is 0 Å². The molecule has 0 aromatic heterocycles. The van der Waals surface area contributed by atoms with E-state index in [-0.39, 0.29) is 5.91 Å². The number of nitrogens with one attached hydrogen (secondary N) is 1. The Labute approximate surface area is 82.1 Å². The second-order valence-electron chi connectivity index (χ2n) is 3.57. The summed E-state index contributed by atoms with van der Waals surface area (Å²) in [6.45, 7) is 7.82. The van der Waals surface area contributed by atoms with Crippen LogP contribution < -0.4 is 5.32 Å². The van der Waals surface area contributed by atoms with Crippen LogP contribution in [0.2, 0.25) is 0 Å². The van der Waals surface area contributed by atoms with Crippen molar-refractivity contribution in [1.82, 2.24) is 5.32 Å². The molecule has 0 heterocycles. The molecule has 1 fully saturated rings. The molecule has 1 aliphatic rings. The van der Waals surface area contributed by atoms with Crippen molar-refractivity contribution < 1.29 is 4.79 Å². The topological polar surface area (TPSA) is 29.1 Å². The summed E-state index contributed by atoms with van der Waals surface area (Å²) in [6.07, 6.45) is 5.04. The Kier molecular flexibility index (Phi) is 6.65. The van der Waals surface area contributed by atoms with Crippen molar-refractivity contribution in [3.8, 4) is 0 Å². The van der Waals surface area contributed by atoms with Gasteiger partial charge in [0.2, 0.25) is 5.91 Å². The van der Waals surface area contributed by atoms with Crippen molar-refractivity contribution in [2.75, 3.05) is 0 Å². The molecule has 13 heavy (non-hydrogen) atoms. The number of hydrogen-bond donors (Lipinski definition) is 1. The van der Waals surface area contributed by atoms with Gasteiger partial charge >= 0.3 is 0 Å². The monoisotopic (exact) mass is 185 g/mol. The lowest BCUT2D eigenvalue weighted by molar-refractivity contribution is -0.120. The van der Waals surface area contributed by atoms with Crippen molar-refractivity contribution >= 4 is 5.91 Å². The van der Waals surface area contributed by atoms with E-state index in [1.54, 1.807) is 6.92 Å². The fourth-order valence-corrected chi connectivity index (χ4v) is 1.79. The molecule has 1 aliphatic carbocycles. The molecule has 0 aromatic rings. The number of amides is 1. The average molecular weight is 185 g/mol. The Hall–Kier alpha value is -0.530. The lowest BCUT2D eigenvalue weighted by Gasteiger charge is -2.28. The molecule has 1 saturated carbocycles. The lowest BCUT2D eigenvalue weighted by Crippen LogP contribution is -2.39. The number of carbonyl (C=O) groups is 1. The van der Waals surface area contributed by atoms with Gasteiger partial charge in [-0.05, 0) is 18.8 Å². The van der Waals surface area contributed by atoms with E-state index in [1.165, 1.54) is 25.7 Å². The fourth-order valence-electron chi connectivity index (χ4n) is 1.79. The standard InChI is InChI=1S/C9H17NO.C2H6/c1-7-5-3-4-6-9(7)10-8(2)11;1-2/h7,9H,3-6H2,1-2H3,(H,10,11);1-2H3/t7-,9-;/m0./s1. The maximum atomic E-state index is 10.7. The summed E-state index contributed by atoms with van der Waals surface area (Å²) in [5.41, 5.74) is 0. The Balaban J connectivity index is 0.000000671. The molecule has 78 valence electrons. The van der Waals surface area contributed by atoms with Crippen molar-refractivity contribution in [1.29, 1.82) is 0 Å². The second-order valence-corrected chi connectivity index (χ2v) is 3.57. The normalized spacial score (nSPS) is 27.1. The van der Waals surface area contributed by atoms with E-state index in [9.17, 15) is 4.79 Å². The van der Waals surface area contributed by atoms with Gasteiger partial charge in [-0.25, -0.2) is 0 Å². The minimum Gasteiger partial charge on any atom is -0.353 e. The summed E-state index contributed by atoms with van der Waals surface area (Å²) >= 11 is 0. The lowest BCUT2D eigenvalue weighted by atomic mass is 9.86. The van der Waals surface area contributed by atoms with Crippen LogP contribution >= 0.6 is 0 Å². The first kappa shape index (κ1) is 12.5. The molecule has 0 saturated heterocycles. The summed E-state index contributed by atoms with van der Waals surface area (Å²) in [4.78, 5) is 10.7. The Morgan fingerprint density at radius 3 is 2.23 bits per heavy atom. The van der Waals surface area contributed by atoms with Crippen LogP contribution in [-0.2, 0) is 4.79 Å². The van der Waals surface area contributed by atoms with E-state index in [4.69, 9.17) is 0 Å². The van der Waals surface area contributed by atoms with Gasteiger partial charge in [0, 0.05) is 13.0 Å². The quantitative estimate of drug-likeness (QED) is 0.668. The maximum Gasteiger partial charge on any atom is 0.217 e. The van der Waals surface area contributed by atoms with Crippen LogP contribution in [0.3, 0.4) is 0 Å². The second kappa shape index (κ2) is 6.93. The summed E-state index contributed by atoms with van der Waals surface area (Å²) < 4.78 is 0. The largest absolute Gasteiger partial charge is 0.353 e. The molecule has 0 unspecified atom stereocenters. The molecular weight excluding hydrogens is 162 g/mol. The number of rotatable bonds is 1. The first-order valence-corrected chi connectivity index (χ1v) is 5.47. The van der Waals surface area contributed by atoms with Gasteiger partial charge in [-0.1, -0.05) is 33.6 Å².